The number of para-hydroxylation sites is 1. The Morgan fingerprint density at radius 1 is 0.442 bits per heavy atom. The van der Waals surface area contributed by atoms with Gasteiger partial charge >= 0.3 is 0 Å². The van der Waals surface area contributed by atoms with Gasteiger partial charge in [-0.15, -0.1) is 0 Å². The second kappa shape index (κ2) is 9.16. The highest BCUT2D eigenvalue weighted by atomic mass is 31.2. The van der Waals surface area contributed by atoms with Gasteiger partial charge in [0, 0.05) is 32.4 Å². The van der Waals surface area contributed by atoms with Gasteiger partial charge in [0.2, 0.25) is 0 Å². The molecule has 9 rings (SSSR count). The average molecular weight is 568 g/mol. The third-order valence-corrected chi connectivity index (χ3v) is 12.2. The van der Waals surface area contributed by atoms with Crippen molar-refractivity contribution in [2.75, 3.05) is 0 Å². The molecule has 0 saturated carbocycles. The van der Waals surface area contributed by atoms with E-state index in [1.165, 1.54) is 11.1 Å². The van der Waals surface area contributed by atoms with Gasteiger partial charge in [-0.25, -0.2) is 0 Å². The fourth-order valence-electron chi connectivity index (χ4n) is 7.12. The predicted octanol–water partition coefficient (Wildman–Crippen LogP) is 9.22. The van der Waals surface area contributed by atoms with Crippen LogP contribution in [-0.2, 0) is 4.57 Å². The molecule has 0 saturated heterocycles. The normalized spacial score (nSPS) is 15.6. The van der Waals surface area contributed by atoms with Crippen molar-refractivity contribution in [3.8, 4) is 27.9 Å². The molecule has 1 aliphatic rings. The van der Waals surface area contributed by atoms with E-state index in [0.717, 1.165) is 65.3 Å². The van der Waals surface area contributed by atoms with Crippen LogP contribution < -0.4 is 15.9 Å². The second-order valence-electron chi connectivity index (χ2n) is 11.2. The summed E-state index contributed by atoms with van der Waals surface area (Å²) in [5, 5.41) is 7.17. The quantitative estimate of drug-likeness (QED) is 0.195. The zero-order chi connectivity index (χ0) is 28.5. The largest absolute Gasteiger partial charge is 0.309 e. The monoisotopic (exact) mass is 567 g/mol. The van der Waals surface area contributed by atoms with Crippen LogP contribution in [0.15, 0.2) is 158 Å². The minimum atomic E-state index is -3.24. The van der Waals surface area contributed by atoms with E-state index in [2.05, 4.69) is 126 Å². The fraction of sp³-hybridized carbons (Fsp3) is 0. The summed E-state index contributed by atoms with van der Waals surface area (Å²) < 4.78 is 18.4. The van der Waals surface area contributed by atoms with Gasteiger partial charge in [0.15, 0.2) is 7.14 Å². The first-order valence-corrected chi connectivity index (χ1v) is 16.3. The van der Waals surface area contributed by atoms with Crippen LogP contribution >= 0.6 is 7.14 Å². The van der Waals surface area contributed by atoms with E-state index in [-0.39, 0.29) is 0 Å². The van der Waals surface area contributed by atoms with Crippen molar-refractivity contribution in [1.82, 2.24) is 4.57 Å². The van der Waals surface area contributed by atoms with Crippen LogP contribution in [0, 0.1) is 0 Å². The van der Waals surface area contributed by atoms with E-state index >= 15 is 4.57 Å². The third-order valence-electron chi connectivity index (χ3n) is 8.98. The predicted molar refractivity (Wildman–Crippen MR) is 182 cm³/mol. The van der Waals surface area contributed by atoms with Crippen LogP contribution in [0.25, 0.3) is 60.5 Å². The van der Waals surface area contributed by atoms with Gasteiger partial charge in [-0.3, -0.25) is 0 Å². The molecule has 1 atom stereocenters. The van der Waals surface area contributed by atoms with Crippen LogP contribution in [0.3, 0.4) is 0 Å². The van der Waals surface area contributed by atoms with Gasteiger partial charge in [0.25, 0.3) is 0 Å². The first-order valence-electron chi connectivity index (χ1n) is 14.6. The second-order valence-corrected chi connectivity index (χ2v) is 13.9. The molecule has 0 radical (unpaired) electrons. The fourth-order valence-corrected chi connectivity index (χ4v) is 10.6. The summed E-state index contributed by atoms with van der Waals surface area (Å²) in [4.78, 5) is 0. The topological polar surface area (TPSA) is 22.0 Å². The zero-order valence-electron chi connectivity index (χ0n) is 23.3. The number of benzene rings is 7. The van der Waals surface area contributed by atoms with Crippen molar-refractivity contribution in [2.24, 2.45) is 0 Å². The van der Waals surface area contributed by atoms with Crippen molar-refractivity contribution in [1.29, 1.82) is 0 Å². The van der Waals surface area contributed by atoms with E-state index in [9.17, 15) is 0 Å². The third kappa shape index (κ3) is 3.39. The zero-order valence-corrected chi connectivity index (χ0v) is 24.2. The molecule has 43 heavy (non-hydrogen) atoms. The van der Waals surface area contributed by atoms with Gasteiger partial charge in [0.1, 0.15) is 0 Å². The molecule has 1 aliphatic heterocycles. The molecule has 7 aromatic carbocycles. The lowest BCUT2D eigenvalue weighted by atomic mass is 9.99. The Balaban J connectivity index is 1.38. The maximum atomic E-state index is 16.1. The molecule has 0 bridgehead atoms. The highest BCUT2D eigenvalue weighted by Crippen LogP contribution is 2.56. The standard InChI is InChI=1S/C40H26NOP/c42-43(31-14-5-2-6-15-31)39-32-16-8-7-13-29(32)21-24-33(39)34-25-26-37-38(40(34)43)35-17-9-10-18-36(35)41(37)30-22-19-28(20-23-30)27-11-3-1-4-12-27/h1-26H. The lowest BCUT2D eigenvalue weighted by molar-refractivity contribution is 0.593. The first-order chi connectivity index (χ1) is 21.2. The molecule has 3 heteroatoms. The summed E-state index contributed by atoms with van der Waals surface area (Å²) in [5.74, 6) is 0. The van der Waals surface area contributed by atoms with Gasteiger partial charge in [-0.2, -0.15) is 0 Å². The van der Waals surface area contributed by atoms with Crippen molar-refractivity contribution < 1.29 is 4.57 Å². The minimum absolute atomic E-state index is 0.878. The van der Waals surface area contributed by atoms with Gasteiger partial charge in [-0.1, -0.05) is 133 Å². The lowest BCUT2D eigenvalue weighted by Gasteiger charge is -2.18. The SMILES string of the molecule is O=P1(c2ccccc2)c2c(ccc3ccccc23)-c2ccc3c(c21)c1ccccc1n3-c1ccc(-c2ccccc2)cc1. The molecular weight excluding hydrogens is 541 g/mol. The molecule has 0 aliphatic carbocycles. The first kappa shape index (κ1) is 24.4. The van der Waals surface area contributed by atoms with E-state index in [1.807, 2.05) is 36.4 Å². The number of rotatable bonds is 3. The Labute approximate surface area is 249 Å². The molecule has 1 unspecified atom stereocenters. The Kier molecular flexibility index (Phi) is 5.21. The smallest absolute Gasteiger partial charge is 0.173 e. The summed E-state index contributed by atoms with van der Waals surface area (Å²) >= 11 is 0. The number of hydrogen-bond donors (Lipinski definition) is 0. The van der Waals surface area contributed by atoms with Crippen LogP contribution in [0.4, 0.5) is 0 Å². The number of nitrogens with zero attached hydrogens (tertiary/aromatic N) is 1. The van der Waals surface area contributed by atoms with Crippen LogP contribution in [-0.4, -0.2) is 4.57 Å². The lowest BCUT2D eigenvalue weighted by Crippen LogP contribution is -2.22. The molecule has 1 aromatic heterocycles. The van der Waals surface area contributed by atoms with Crippen molar-refractivity contribution >= 4 is 55.6 Å². The summed E-state index contributed by atoms with van der Waals surface area (Å²) in [6.07, 6.45) is 0. The molecular formula is C40H26NOP. The molecule has 0 N–H and O–H groups in total. The Bertz CT molecular complexity index is 2400. The molecule has 0 fully saturated rings. The average Bonchev–Trinajstić information content (AvgIpc) is 3.56. The van der Waals surface area contributed by atoms with Gasteiger partial charge in [0.05, 0.1) is 11.0 Å². The molecule has 2 heterocycles. The van der Waals surface area contributed by atoms with Crippen LogP contribution in [0.5, 0.6) is 0 Å². The Hall–Kier alpha value is -5.17. The van der Waals surface area contributed by atoms with Gasteiger partial charge < -0.3 is 9.13 Å². The highest BCUT2D eigenvalue weighted by molar-refractivity contribution is 7.87. The summed E-state index contributed by atoms with van der Waals surface area (Å²) in [5.41, 5.74) is 7.79. The maximum absolute atomic E-state index is 16.1. The van der Waals surface area contributed by atoms with E-state index in [0.29, 0.717) is 0 Å². The number of hydrogen-bond acceptors (Lipinski definition) is 1. The molecule has 8 aromatic rings. The van der Waals surface area contributed by atoms with E-state index in [1.54, 1.807) is 0 Å². The van der Waals surface area contributed by atoms with Crippen molar-refractivity contribution in [2.45, 2.75) is 0 Å². The van der Waals surface area contributed by atoms with E-state index in [4.69, 9.17) is 0 Å². The number of aromatic nitrogens is 1. The van der Waals surface area contributed by atoms with Gasteiger partial charge in [-0.05, 0) is 57.3 Å². The molecule has 202 valence electrons. The van der Waals surface area contributed by atoms with Crippen molar-refractivity contribution in [3.63, 3.8) is 0 Å². The molecule has 0 spiro atoms. The Morgan fingerprint density at radius 3 is 1.84 bits per heavy atom. The summed E-state index contributed by atoms with van der Waals surface area (Å²) in [6.45, 7) is 0. The minimum Gasteiger partial charge on any atom is -0.309 e. The van der Waals surface area contributed by atoms with E-state index < -0.39 is 7.14 Å². The summed E-state index contributed by atoms with van der Waals surface area (Å²) in [7, 11) is -3.24. The Morgan fingerprint density at radius 2 is 1.05 bits per heavy atom. The maximum Gasteiger partial charge on any atom is 0.173 e. The summed E-state index contributed by atoms with van der Waals surface area (Å²) in [6, 6.07) is 55.0. The number of fused-ring (bicyclic) bond motifs is 9. The molecule has 0 amide bonds. The highest BCUT2D eigenvalue weighted by Gasteiger charge is 2.43. The molecule has 2 nitrogen and oxygen atoms in total. The van der Waals surface area contributed by atoms with Crippen LogP contribution in [0.1, 0.15) is 0 Å². The van der Waals surface area contributed by atoms with Crippen molar-refractivity contribution in [3.05, 3.63) is 158 Å². The van der Waals surface area contributed by atoms with Crippen LogP contribution in [0.2, 0.25) is 0 Å².